The third-order valence-electron chi connectivity index (χ3n) is 5.45. The maximum Gasteiger partial charge on any atom is 0.232 e. The highest BCUT2D eigenvalue weighted by Gasteiger charge is 2.49. The molecule has 23 heavy (non-hydrogen) atoms. The Morgan fingerprint density at radius 1 is 1.35 bits per heavy atom. The van der Waals surface area contributed by atoms with E-state index in [2.05, 4.69) is 10.6 Å². The van der Waals surface area contributed by atoms with E-state index in [0.29, 0.717) is 5.92 Å². The van der Waals surface area contributed by atoms with E-state index in [-0.39, 0.29) is 17.2 Å². The molecule has 1 saturated heterocycles. The lowest BCUT2D eigenvalue weighted by atomic mass is 9.67. The van der Waals surface area contributed by atoms with Crippen molar-refractivity contribution in [1.82, 2.24) is 5.32 Å². The van der Waals surface area contributed by atoms with E-state index < -0.39 is 0 Å². The van der Waals surface area contributed by atoms with Crippen molar-refractivity contribution < 1.29 is 9.59 Å². The number of nitrogens with one attached hydrogen (secondary N) is 2. The molecular weight excluding hydrogens is 290 g/mol. The first kappa shape index (κ1) is 16.0. The third kappa shape index (κ3) is 2.98. The minimum absolute atomic E-state index is 0.0283. The van der Waals surface area contributed by atoms with Gasteiger partial charge in [-0.1, -0.05) is 18.9 Å². The van der Waals surface area contributed by atoms with Crippen molar-refractivity contribution in [2.45, 2.75) is 32.6 Å². The third-order valence-corrected chi connectivity index (χ3v) is 5.45. The Bertz CT molecular complexity index is 616. The van der Waals surface area contributed by atoms with Crippen LogP contribution in [0.25, 0.3) is 0 Å². The van der Waals surface area contributed by atoms with E-state index in [1.807, 2.05) is 24.3 Å². The molecule has 0 aromatic heterocycles. The second-order valence-corrected chi connectivity index (χ2v) is 6.81. The van der Waals surface area contributed by atoms with Gasteiger partial charge in [-0.25, -0.2) is 0 Å². The van der Waals surface area contributed by atoms with E-state index in [1.165, 1.54) is 13.3 Å². The zero-order valence-corrected chi connectivity index (χ0v) is 13.9. The Labute approximate surface area is 137 Å². The molecule has 124 valence electrons. The minimum Gasteiger partial charge on any atom is -0.325 e. The number of benzene rings is 1. The van der Waals surface area contributed by atoms with Crippen molar-refractivity contribution in [2.75, 3.05) is 30.4 Å². The first-order valence-corrected chi connectivity index (χ1v) is 8.39. The van der Waals surface area contributed by atoms with Crippen LogP contribution in [0.4, 0.5) is 11.4 Å². The highest BCUT2D eigenvalue weighted by Crippen LogP contribution is 2.44. The SMILES string of the molecule is CC(=O)N(C)c1cccc(NC(=O)[C@@]23CCCC[C@H]2CNC3)c1. The van der Waals surface area contributed by atoms with Gasteiger partial charge in [-0.15, -0.1) is 0 Å². The van der Waals surface area contributed by atoms with Gasteiger partial charge in [-0.05, 0) is 43.5 Å². The van der Waals surface area contributed by atoms with E-state index in [4.69, 9.17) is 0 Å². The standard InChI is InChI=1S/C18H25N3O2/c1-13(22)21(2)16-8-5-7-15(10-16)20-17(23)18-9-4-3-6-14(18)11-19-12-18/h5,7-8,10,14,19H,3-4,6,9,11-12H2,1-2H3,(H,20,23)/t14-,18+/m0/s1. The van der Waals surface area contributed by atoms with Crippen LogP contribution in [-0.2, 0) is 9.59 Å². The number of carbonyl (C=O) groups excluding carboxylic acids is 2. The molecule has 2 N–H and O–H groups in total. The van der Waals surface area contributed by atoms with Gasteiger partial charge in [0.05, 0.1) is 5.41 Å². The van der Waals surface area contributed by atoms with Crippen LogP contribution in [0.2, 0.25) is 0 Å². The van der Waals surface area contributed by atoms with E-state index in [9.17, 15) is 9.59 Å². The molecule has 1 aliphatic heterocycles. The summed E-state index contributed by atoms with van der Waals surface area (Å²) in [5.41, 5.74) is 1.28. The molecule has 2 fully saturated rings. The number of fused-ring (bicyclic) bond motifs is 1. The van der Waals surface area contributed by atoms with Crippen LogP contribution < -0.4 is 15.5 Å². The quantitative estimate of drug-likeness (QED) is 0.900. The first-order valence-electron chi connectivity index (χ1n) is 8.39. The zero-order valence-electron chi connectivity index (χ0n) is 13.9. The van der Waals surface area contributed by atoms with Crippen LogP contribution in [-0.4, -0.2) is 32.0 Å². The van der Waals surface area contributed by atoms with Crippen molar-refractivity contribution in [3.63, 3.8) is 0 Å². The molecule has 2 amide bonds. The predicted molar refractivity (Wildman–Crippen MR) is 91.4 cm³/mol. The largest absolute Gasteiger partial charge is 0.325 e. The van der Waals surface area contributed by atoms with Crippen molar-refractivity contribution in [3.8, 4) is 0 Å². The number of carbonyl (C=O) groups is 2. The smallest absolute Gasteiger partial charge is 0.232 e. The van der Waals surface area contributed by atoms with Gasteiger partial charge in [-0.3, -0.25) is 9.59 Å². The van der Waals surface area contributed by atoms with Gasteiger partial charge in [0.2, 0.25) is 11.8 Å². The Hall–Kier alpha value is -1.88. The summed E-state index contributed by atoms with van der Waals surface area (Å²) in [6.45, 7) is 3.25. The highest BCUT2D eigenvalue weighted by atomic mass is 16.2. The van der Waals surface area contributed by atoms with Gasteiger partial charge >= 0.3 is 0 Å². The number of anilines is 2. The fourth-order valence-electron chi connectivity index (χ4n) is 3.92. The highest BCUT2D eigenvalue weighted by molar-refractivity contribution is 5.97. The van der Waals surface area contributed by atoms with Gasteiger partial charge in [-0.2, -0.15) is 0 Å². The molecule has 2 atom stereocenters. The second-order valence-electron chi connectivity index (χ2n) is 6.81. The molecule has 0 spiro atoms. The lowest BCUT2D eigenvalue weighted by Crippen LogP contribution is -2.44. The summed E-state index contributed by atoms with van der Waals surface area (Å²) in [6, 6.07) is 7.48. The summed E-state index contributed by atoms with van der Waals surface area (Å²) in [4.78, 5) is 26.0. The van der Waals surface area contributed by atoms with E-state index >= 15 is 0 Å². The van der Waals surface area contributed by atoms with Crippen LogP contribution in [0, 0.1) is 11.3 Å². The molecule has 1 aromatic rings. The van der Waals surface area contributed by atoms with Crippen LogP contribution in [0.3, 0.4) is 0 Å². The zero-order chi connectivity index (χ0) is 16.4. The van der Waals surface area contributed by atoms with Gasteiger partial charge < -0.3 is 15.5 Å². The maximum atomic E-state index is 13.0. The molecule has 1 saturated carbocycles. The number of hydrogen-bond acceptors (Lipinski definition) is 3. The van der Waals surface area contributed by atoms with Gasteiger partial charge in [0.15, 0.2) is 0 Å². The van der Waals surface area contributed by atoms with E-state index in [0.717, 1.165) is 43.7 Å². The number of hydrogen-bond donors (Lipinski definition) is 2. The number of amides is 2. The molecular formula is C18H25N3O2. The van der Waals surface area contributed by atoms with Gasteiger partial charge in [0.1, 0.15) is 0 Å². The summed E-state index contributed by atoms with van der Waals surface area (Å²) < 4.78 is 0. The van der Waals surface area contributed by atoms with Crippen molar-refractivity contribution in [1.29, 1.82) is 0 Å². The van der Waals surface area contributed by atoms with Crippen LogP contribution >= 0.6 is 0 Å². The Morgan fingerprint density at radius 3 is 2.96 bits per heavy atom. The predicted octanol–water partition coefficient (Wildman–Crippen LogP) is 2.39. The second kappa shape index (κ2) is 6.32. The topological polar surface area (TPSA) is 61.4 Å². The molecule has 3 rings (SSSR count). The molecule has 1 heterocycles. The normalized spacial score (nSPS) is 26.4. The summed E-state index contributed by atoms with van der Waals surface area (Å²) in [5, 5.41) is 6.49. The fraction of sp³-hybridized carbons (Fsp3) is 0.556. The van der Waals surface area contributed by atoms with Gasteiger partial charge in [0.25, 0.3) is 0 Å². The van der Waals surface area contributed by atoms with Crippen molar-refractivity contribution >= 4 is 23.2 Å². The molecule has 0 radical (unpaired) electrons. The van der Waals surface area contributed by atoms with Crippen molar-refractivity contribution in [3.05, 3.63) is 24.3 Å². The maximum absolute atomic E-state index is 13.0. The molecule has 2 aliphatic rings. The summed E-state index contributed by atoms with van der Waals surface area (Å²) >= 11 is 0. The summed E-state index contributed by atoms with van der Waals surface area (Å²) in [6.07, 6.45) is 4.44. The van der Waals surface area contributed by atoms with Crippen LogP contribution in [0.1, 0.15) is 32.6 Å². The average Bonchev–Trinajstić information content (AvgIpc) is 2.99. The molecule has 1 aliphatic carbocycles. The molecule has 5 nitrogen and oxygen atoms in total. The fourth-order valence-corrected chi connectivity index (χ4v) is 3.92. The molecule has 1 aromatic carbocycles. The minimum atomic E-state index is -0.263. The average molecular weight is 315 g/mol. The van der Waals surface area contributed by atoms with E-state index in [1.54, 1.807) is 11.9 Å². The molecule has 0 unspecified atom stereocenters. The van der Waals surface area contributed by atoms with Gasteiger partial charge in [0, 0.05) is 31.9 Å². The number of rotatable bonds is 3. The Morgan fingerprint density at radius 2 is 2.17 bits per heavy atom. The first-order chi connectivity index (χ1) is 11.0. The van der Waals surface area contributed by atoms with Crippen LogP contribution in [0.15, 0.2) is 24.3 Å². The Balaban J connectivity index is 1.78. The monoisotopic (exact) mass is 315 g/mol. The molecule has 0 bridgehead atoms. The summed E-state index contributed by atoms with van der Waals surface area (Å²) in [7, 11) is 1.74. The lowest BCUT2D eigenvalue weighted by molar-refractivity contribution is -0.128. The lowest BCUT2D eigenvalue weighted by Gasteiger charge is -2.37. The van der Waals surface area contributed by atoms with Crippen LogP contribution in [0.5, 0.6) is 0 Å². The summed E-state index contributed by atoms with van der Waals surface area (Å²) in [5.74, 6) is 0.536. The number of nitrogens with zero attached hydrogens (tertiary/aromatic N) is 1. The van der Waals surface area contributed by atoms with Crippen molar-refractivity contribution in [2.24, 2.45) is 11.3 Å². The molecule has 5 heteroatoms. The Kier molecular flexibility index (Phi) is 4.39.